The molecule has 1 aliphatic heterocycles. The summed E-state index contributed by atoms with van der Waals surface area (Å²) in [4.78, 5) is 41.1. The van der Waals surface area contributed by atoms with Gasteiger partial charge in [-0.25, -0.2) is 4.79 Å². The van der Waals surface area contributed by atoms with Gasteiger partial charge in [-0.3, -0.25) is 9.59 Å². The minimum absolute atomic E-state index is 0.0832. The minimum Gasteiger partial charge on any atom is -0.507 e. The van der Waals surface area contributed by atoms with Gasteiger partial charge in [-0.2, -0.15) is 0 Å². The van der Waals surface area contributed by atoms with Crippen LogP contribution in [0.25, 0.3) is 5.76 Å². The lowest BCUT2D eigenvalue weighted by molar-refractivity contribution is -0.140. The van der Waals surface area contributed by atoms with Gasteiger partial charge in [0.05, 0.1) is 29.9 Å². The number of aryl methyl sites for hydroxylation is 2. The monoisotopic (exact) mass is 452 g/mol. The molecule has 8 heteroatoms. The van der Waals surface area contributed by atoms with Gasteiger partial charge in [0.1, 0.15) is 11.5 Å². The van der Waals surface area contributed by atoms with Crippen LogP contribution in [0.15, 0.2) is 42.0 Å². The summed E-state index contributed by atoms with van der Waals surface area (Å²) in [7, 11) is 4.98. The molecule has 0 aliphatic carbocycles. The highest BCUT2D eigenvalue weighted by Gasteiger charge is 2.46. The Labute approximate surface area is 192 Å². The quantitative estimate of drug-likeness (QED) is 0.300. The molecular weight excluding hydrogens is 424 g/mol. The Morgan fingerprint density at radius 1 is 1.09 bits per heavy atom. The highest BCUT2D eigenvalue weighted by molar-refractivity contribution is 6.46. The first-order valence-electron chi connectivity index (χ1n) is 10.5. The molecule has 1 saturated heterocycles. The van der Waals surface area contributed by atoms with Crippen molar-refractivity contribution in [1.29, 1.82) is 0 Å². The molecule has 1 aliphatic rings. The van der Waals surface area contributed by atoms with Gasteiger partial charge in [0, 0.05) is 13.1 Å². The van der Waals surface area contributed by atoms with E-state index in [9.17, 15) is 24.6 Å². The molecule has 0 unspecified atom stereocenters. The largest absolute Gasteiger partial charge is 0.507 e. The van der Waals surface area contributed by atoms with Gasteiger partial charge >= 0.3 is 5.97 Å². The van der Waals surface area contributed by atoms with Gasteiger partial charge in [0.15, 0.2) is 0 Å². The van der Waals surface area contributed by atoms with Gasteiger partial charge in [-0.15, -0.1) is 0 Å². The smallest absolute Gasteiger partial charge is 0.337 e. The molecule has 2 aromatic rings. The van der Waals surface area contributed by atoms with Crippen molar-refractivity contribution in [2.24, 2.45) is 0 Å². The number of benzene rings is 2. The van der Waals surface area contributed by atoms with Gasteiger partial charge in [0.25, 0.3) is 11.7 Å². The van der Waals surface area contributed by atoms with Crippen molar-refractivity contribution >= 4 is 23.4 Å². The number of esters is 1. The van der Waals surface area contributed by atoms with E-state index in [4.69, 9.17) is 4.74 Å². The van der Waals surface area contributed by atoms with Crippen LogP contribution < -0.4 is 0 Å². The zero-order chi connectivity index (χ0) is 24.4. The minimum atomic E-state index is -0.877. The van der Waals surface area contributed by atoms with E-state index < -0.39 is 29.5 Å². The Kier molecular flexibility index (Phi) is 6.88. The third kappa shape index (κ3) is 4.61. The molecule has 33 heavy (non-hydrogen) atoms. The van der Waals surface area contributed by atoms with Crippen molar-refractivity contribution in [3.63, 3.8) is 0 Å². The normalized spacial score (nSPS) is 17.6. The van der Waals surface area contributed by atoms with E-state index in [2.05, 4.69) is 0 Å². The molecule has 2 aromatic carbocycles. The lowest BCUT2D eigenvalue weighted by atomic mass is 9.93. The maximum absolute atomic E-state index is 13.1. The summed E-state index contributed by atoms with van der Waals surface area (Å²) in [5, 5.41) is 21.6. The number of aromatic hydroxyl groups is 1. The second-order valence-corrected chi connectivity index (χ2v) is 8.36. The number of nitrogens with zero attached hydrogens (tertiary/aromatic N) is 2. The van der Waals surface area contributed by atoms with E-state index in [1.165, 1.54) is 18.1 Å². The number of rotatable bonds is 6. The summed E-state index contributed by atoms with van der Waals surface area (Å²) in [5.41, 5.74) is 2.48. The van der Waals surface area contributed by atoms with E-state index in [0.717, 1.165) is 11.1 Å². The highest BCUT2D eigenvalue weighted by Crippen LogP contribution is 2.41. The Bertz CT molecular complexity index is 1130. The van der Waals surface area contributed by atoms with Crippen LogP contribution in [0.3, 0.4) is 0 Å². The summed E-state index contributed by atoms with van der Waals surface area (Å²) in [5.74, 6) is -2.70. The standard InChI is InChI=1S/C25H28N2O6/c1-14-12-18(19(28)13-15(14)2)22(29)20-21(16-6-8-17(9-7-16)25(32)33-5)27(11-10-26(3)4)24(31)23(20)30/h6-9,12-13,21,28-29H,10-11H2,1-5H3/t21-/m0/s1. The summed E-state index contributed by atoms with van der Waals surface area (Å²) >= 11 is 0. The zero-order valence-electron chi connectivity index (χ0n) is 19.4. The maximum Gasteiger partial charge on any atom is 0.337 e. The second-order valence-electron chi connectivity index (χ2n) is 8.36. The summed E-state index contributed by atoms with van der Waals surface area (Å²) in [6.45, 7) is 4.39. The second kappa shape index (κ2) is 9.46. The molecule has 0 saturated carbocycles. The Morgan fingerprint density at radius 3 is 2.27 bits per heavy atom. The van der Waals surface area contributed by atoms with Crippen molar-refractivity contribution in [2.75, 3.05) is 34.3 Å². The first-order chi connectivity index (χ1) is 15.6. The Hall–Kier alpha value is -3.65. The van der Waals surface area contributed by atoms with Crippen LogP contribution in [0.1, 0.15) is 38.7 Å². The lowest BCUT2D eigenvalue weighted by Crippen LogP contribution is -2.35. The Balaban J connectivity index is 2.18. The molecule has 3 rings (SSSR count). The molecule has 1 heterocycles. The topological polar surface area (TPSA) is 107 Å². The molecular formula is C25H28N2O6. The first-order valence-corrected chi connectivity index (χ1v) is 10.5. The van der Waals surface area contributed by atoms with Crippen molar-refractivity contribution in [3.05, 3.63) is 69.8 Å². The Morgan fingerprint density at radius 2 is 1.70 bits per heavy atom. The first kappa shape index (κ1) is 24.0. The number of methoxy groups -OCH3 is 1. The molecule has 1 atom stereocenters. The number of carbonyl (C=O) groups is 3. The number of Topliss-reactive ketones (excluding diaryl/α,β-unsaturated/α-hetero) is 1. The van der Waals surface area contributed by atoms with Gasteiger partial charge in [0.2, 0.25) is 0 Å². The van der Waals surface area contributed by atoms with Crippen molar-refractivity contribution in [2.45, 2.75) is 19.9 Å². The summed E-state index contributed by atoms with van der Waals surface area (Å²) in [6, 6.07) is 8.55. The highest BCUT2D eigenvalue weighted by atomic mass is 16.5. The van der Waals surface area contributed by atoms with Crippen LogP contribution in [0.5, 0.6) is 5.75 Å². The maximum atomic E-state index is 13.1. The average Bonchev–Trinajstić information content (AvgIpc) is 3.03. The average molecular weight is 453 g/mol. The van der Waals surface area contributed by atoms with Gasteiger partial charge < -0.3 is 24.7 Å². The molecule has 0 radical (unpaired) electrons. The van der Waals surface area contributed by atoms with E-state index >= 15 is 0 Å². The number of ketones is 1. The van der Waals surface area contributed by atoms with Crippen LogP contribution >= 0.6 is 0 Å². The number of hydrogen-bond donors (Lipinski definition) is 2. The fourth-order valence-electron chi connectivity index (χ4n) is 3.82. The number of ether oxygens (including phenoxy) is 1. The predicted octanol–water partition coefficient (Wildman–Crippen LogP) is 2.78. The number of amides is 1. The molecule has 0 bridgehead atoms. The number of likely N-dealkylation sites (N-methyl/N-ethyl adjacent to an activating group) is 1. The number of carbonyl (C=O) groups excluding carboxylic acids is 3. The number of aliphatic hydroxyl groups is 1. The molecule has 0 aromatic heterocycles. The SMILES string of the molecule is COC(=O)c1ccc([C@H]2C(=C(O)c3cc(C)c(C)cc3O)C(=O)C(=O)N2CCN(C)C)cc1. The van der Waals surface area contributed by atoms with E-state index in [-0.39, 0.29) is 23.4 Å². The zero-order valence-corrected chi connectivity index (χ0v) is 19.4. The predicted molar refractivity (Wildman–Crippen MR) is 123 cm³/mol. The summed E-state index contributed by atoms with van der Waals surface area (Å²) < 4.78 is 4.73. The number of phenols is 1. The molecule has 1 amide bonds. The van der Waals surface area contributed by atoms with E-state index in [1.54, 1.807) is 30.3 Å². The number of likely N-dealkylation sites (tertiary alicyclic amines) is 1. The fraction of sp³-hybridized carbons (Fsp3) is 0.320. The van der Waals surface area contributed by atoms with Crippen LogP contribution in [0.4, 0.5) is 0 Å². The molecule has 174 valence electrons. The van der Waals surface area contributed by atoms with Gasteiger partial charge in [-0.1, -0.05) is 12.1 Å². The molecule has 8 nitrogen and oxygen atoms in total. The third-order valence-corrected chi connectivity index (χ3v) is 5.84. The number of aliphatic hydroxyl groups excluding tert-OH is 1. The van der Waals surface area contributed by atoms with Crippen LogP contribution in [0, 0.1) is 13.8 Å². The molecule has 2 N–H and O–H groups in total. The molecule has 0 spiro atoms. The number of phenolic OH excluding ortho intramolecular Hbond substituents is 1. The number of hydrogen-bond acceptors (Lipinski definition) is 7. The summed E-state index contributed by atoms with van der Waals surface area (Å²) in [6.07, 6.45) is 0. The van der Waals surface area contributed by atoms with Crippen LogP contribution in [-0.4, -0.2) is 72.0 Å². The molecule has 1 fully saturated rings. The third-order valence-electron chi connectivity index (χ3n) is 5.84. The van der Waals surface area contributed by atoms with Crippen molar-refractivity contribution in [1.82, 2.24) is 9.80 Å². The van der Waals surface area contributed by atoms with E-state index in [0.29, 0.717) is 17.7 Å². The van der Waals surface area contributed by atoms with Gasteiger partial charge in [-0.05, 0) is 68.9 Å². The van der Waals surface area contributed by atoms with Crippen LogP contribution in [-0.2, 0) is 14.3 Å². The van der Waals surface area contributed by atoms with E-state index in [1.807, 2.05) is 32.8 Å². The fourth-order valence-corrected chi connectivity index (χ4v) is 3.82. The van der Waals surface area contributed by atoms with Crippen molar-refractivity contribution < 1.29 is 29.3 Å². The van der Waals surface area contributed by atoms with Crippen molar-refractivity contribution in [3.8, 4) is 5.75 Å². The van der Waals surface area contributed by atoms with Crippen LogP contribution in [0.2, 0.25) is 0 Å². The lowest BCUT2D eigenvalue weighted by Gasteiger charge is -2.26.